The molecule has 0 atom stereocenters. The summed E-state index contributed by atoms with van der Waals surface area (Å²) in [4.78, 5) is 8.94. The quantitative estimate of drug-likeness (QED) is 0.698. The van der Waals surface area contributed by atoms with E-state index in [1.807, 2.05) is 30.6 Å². The summed E-state index contributed by atoms with van der Waals surface area (Å²) in [6.07, 6.45) is 4.81. The number of rotatable bonds is 3. The van der Waals surface area contributed by atoms with Gasteiger partial charge >= 0.3 is 0 Å². The maximum absolute atomic E-state index is 4.47. The van der Waals surface area contributed by atoms with Crippen LogP contribution in [0.4, 0.5) is 0 Å². The summed E-state index contributed by atoms with van der Waals surface area (Å²) < 4.78 is 0. The van der Waals surface area contributed by atoms with Crippen molar-refractivity contribution in [2.45, 2.75) is 13.3 Å². The zero-order valence-electron chi connectivity index (χ0n) is 11.5. The van der Waals surface area contributed by atoms with Crippen LogP contribution >= 0.6 is 0 Å². The smallest absolute Gasteiger partial charge is 0.159 e. The van der Waals surface area contributed by atoms with Gasteiger partial charge in [-0.1, -0.05) is 61.5 Å². The Morgan fingerprint density at radius 3 is 1.95 bits per heavy atom. The molecule has 98 valence electrons. The van der Waals surface area contributed by atoms with Crippen molar-refractivity contribution in [1.82, 2.24) is 9.97 Å². The third kappa shape index (κ3) is 2.59. The van der Waals surface area contributed by atoms with Gasteiger partial charge in [-0.15, -0.1) is 0 Å². The SMILES string of the molecule is CCc1ccc(-c2ncc(-c3ccccc3)cn2)cc1. The molecule has 0 unspecified atom stereocenters. The molecule has 0 aliphatic rings. The summed E-state index contributed by atoms with van der Waals surface area (Å²) >= 11 is 0. The second kappa shape index (κ2) is 5.66. The molecule has 3 rings (SSSR count). The third-order valence-electron chi connectivity index (χ3n) is 3.38. The van der Waals surface area contributed by atoms with Crippen LogP contribution in [-0.2, 0) is 6.42 Å². The van der Waals surface area contributed by atoms with Crippen LogP contribution < -0.4 is 0 Å². The minimum atomic E-state index is 0.771. The third-order valence-corrected chi connectivity index (χ3v) is 3.38. The molecule has 0 saturated heterocycles. The minimum absolute atomic E-state index is 0.771. The van der Waals surface area contributed by atoms with Crippen molar-refractivity contribution >= 4 is 0 Å². The molecule has 0 spiro atoms. The van der Waals surface area contributed by atoms with E-state index in [0.29, 0.717) is 0 Å². The number of benzene rings is 2. The van der Waals surface area contributed by atoms with E-state index < -0.39 is 0 Å². The van der Waals surface area contributed by atoms with Gasteiger partial charge in [0.25, 0.3) is 0 Å². The van der Waals surface area contributed by atoms with Crippen LogP contribution in [0.5, 0.6) is 0 Å². The molecule has 0 amide bonds. The zero-order chi connectivity index (χ0) is 13.8. The summed E-state index contributed by atoms with van der Waals surface area (Å²) in [5.41, 5.74) is 4.57. The molecule has 1 aromatic heterocycles. The van der Waals surface area contributed by atoms with Gasteiger partial charge < -0.3 is 0 Å². The molecule has 0 aliphatic heterocycles. The second-order valence-corrected chi connectivity index (χ2v) is 4.71. The molecule has 3 aromatic rings. The van der Waals surface area contributed by atoms with Gasteiger partial charge in [-0.2, -0.15) is 0 Å². The maximum Gasteiger partial charge on any atom is 0.159 e. The lowest BCUT2D eigenvalue weighted by Gasteiger charge is -2.04. The molecule has 0 saturated carbocycles. The van der Waals surface area contributed by atoms with Gasteiger partial charge in [0.05, 0.1) is 0 Å². The molecule has 0 bridgehead atoms. The van der Waals surface area contributed by atoms with Crippen molar-refractivity contribution in [2.75, 3.05) is 0 Å². The summed E-state index contributed by atoms with van der Waals surface area (Å²) in [5, 5.41) is 0. The Labute approximate surface area is 119 Å². The molecule has 1 heterocycles. The fraction of sp³-hybridized carbons (Fsp3) is 0.111. The highest BCUT2D eigenvalue weighted by molar-refractivity contribution is 5.63. The van der Waals surface area contributed by atoms with Gasteiger partial charge in [0.2, 0.25) is 0 Å². The summed E-state index contributed by atoms with van der Waals surface area (Å²) in [5.74, 6) is 0.771. The lowest BCUT2D eigenvalue weighted by Crippen LogP contribution is -1.90. The number of hydrogen-bond acceptors (Lipinski definition) is 2. The highest BCUT2D eigenvalue weighted by Crippen LogP contribution is 2.20. The van der Waals surface area contributed by atoms with Crippen LogP contribution in [0.15, 0.2) is 67.0 Å². The Hall–Kier alpha value is -2.48. The van der Waals surface area contributed by atoms with E-state index in [4.69, 9.17) is 0 Å². The number of aromatic nitrogens is 2. The Kier molecular flexibility index (Phi) is 3.55. The normalized spacial score (nSPS) is 10.4. The largest absolute Gasteiger partial charge is 0.236 e. The summed E-state index contributed by atoms with van der Waals surface area (Å²) in [7, 11) is 0. The van der Waals surface area contributed by atoms with Gasteiger partial charge in [-0.05, 0) is 17.5 Å². The van der Waals surface area contributed by atoms with Gasteiger partial charge in [-0.3, -0.25) is 0 Å². The first kappa shape index (κ1) is 12.5. The molecule has 2 nitrogen and oxygen atoms in total. The van der Waals surface area contributed by atoms with Gasteiger partial charge in [0.1, 0.15) is 0 Å². The first-order chi connectivity index (χ1) is 9.86. The van der Waals surface area contributed by atoms with E-state index in [1.165, 1.54) is 5.56 Å². The van der Waals surface area contributed by atoms with Gasteiger partial charge in [0.15, 0.2) is 5.82 Å². The van der Waals surface area contributed by atoms with Crippen molar-refractivity contribution in [3.05, 3.63) is 72.6 Å². The van der Waals surface area contributed by atoms with Crippen molar-refractivity contribution in [3.8, 4) is 22.5 Å². The second-order valence-electron chi connectivity index (χ2n) is 4.71. The lowest BCUT2D eigenvalue weighted by molar-refractivity contribution is 1.13. The van der Waals surface area contributed by atoms with E-state index in [9.17, 15) is 0 Å². The van der Waals surface area contributed by atoms with Crippen LogP contribution in [0.2, 0.25) is 0 Å². The molecule has 20 heavy (non-hydrogen) atoms. The number of hydrogen-bond donors (Lipinski definition) is 0. The Morgan fingerprint density at radius 2 is 1.35 bits per heavy atom. The molecule has 0 aliphatic carbocycles. The van der Waals surface area contributed by atoms with E-state index in [1.54, 1.807) is 0 Å². The molecule has 2 heteroatoms. The lowest BCUT2D eigenvalue weighted by atomic mass is 10.1. The molecule has 2 aromatic carbocycles. The fourth-order valence-corrected chi connectivity index (χ4v) is 2.15. The van der Waals surface area contributed by atoms with Gasteiger partial charge in [0, 0.05) is 23.5 Å². The molecular weight excluding hydrogens is 244 g/mol. The monoisotopic (exact) mass is 260 g/mol. The van der Waals surface area contributed by atoms with Gasteiger partial charge in [-0.25, -0.2) is 9.97 Å². The topological polar surface area (TPSA) is 25.8 Å². The van der Waals surface area contributed by atoms with Crippen molar-refractivity contribution in [2.24, 2.45) is 0 Å². The number of nitrogens with zero attached hydrogens (tertiary/aromatic N) is 2. The van der Waals surface area contributed by atoms with E-state index in [0.717, 1.165) is 28.9 Å². The van der Waals surface area contributed by atoms with Crippen molar-refractivity contribution in [3.63, 3.8) is 0 Å². The van der Waals surface area contributed by atoms with Crippen LogP contribution in [-0.4, -0.2) is 9.97 Å². The van der Waals surface area contributed by atoms with Crippen LogP contribution in [0, 0.1) is 0 Å². The van der Waals surface area contributed by atoms with E-state index in [-0.39, 0.29) is 0 Å². The Balaban J connectivity index is 1.89. The van der Waals surface area contributed by atoms with E-state index in [2.05, 4.69) is 53.3 Å². The Bertz CT molecular complexity index is 671. The van der Waals surface area contributed by atoms with Crippen LogP contribution in [0.1, 0.15) is 12.5 Å². The zero-order valence-corrected chi connectivity index (χ0v) is 11.5. The van der Waals surface area contributed by atoms with Crippen molar-refractivity contribution in [1.29, 1.82) is 0 Å². The molecule has 0 fully saturated rings. The first-order valence-electron chi connectivity index (χ1n) is 6.83. The van der Waals surface area contributed by atoms with E-state index >= 15 is 0 Å². The standard InChI is InChI=1S/C18H16N2/c1-2-14-8-10-16(11-9-14)18-19-12-17(13-20-18)15-6-4-3-5-7-15/h3-13H,2H2,1H3. The predicted octanol–water partition coefficient (Wildman–Crippen LogP) is 4.37. The predicted molar refractivity (Wildman–Crippen MR) is 82.3 cm³/mol. The molecular formula is C18H16N2. The van der Waals surface area contributed by atoms with Crippen LogP contribution in [0.25, 0.3) is 22.5 Å². The van der Waals surface area contributed by atoms with Crippen molar-refractivity contribution < 1.29 is 0 Å². The summed E-state index contributed by atoms with van der Waals surface area (Å²) in [6, 6.07) is 18.6. The average Bonchev–Trinajstić information content (AvgIpc) is 2.56. The summed E-state index contributed by atoms with van der Waals surface area (Å²) in [6.45, 7) is 2.15. The molecule has 0 N–H and O–H groups in total. The van der Waals surface area contributed by atoms with Crippen LogP contribution in [0.3, 0.4) is 0 Å². The minimum Gasteiger partial charge on any atom is -0.236 e. The highest BCUT2D eigenvalue weighted by Gasteiger charge is 2.02. The first-order valence-corrected chi connectivity index (χ1v) is 6.83. The number of aryl methyl sites for hydroxylation is 1. The Morgan fingerprint density at radius 1 is 0.700 bits per heavy atom. The average molecular weight is 260 g/mol. The maximum atomic E-state index is 4.47. The fourth-order valence-electron chi connectivity index (χ4n) is 2.15. The molecule has 0 radical (unpaired) electrons. The highest BCUT2D eigenvalue weighted by atomic mass is 14.9.